The summed E-state index contributed by atoms with van der Waals surface area (Å²) in [7, 11) is 0. The highest BCUT2D eigenvalue weighted by atomic mass is 35.5. The summed E-state index contributed by atoms with van der Waals surface area (Å²) < 4.78 is 10.6. The molecule has 0 aliphatic carbocycles. The maximum atomic E-state index is 12.1. The number of hydrogen-bond donors (Lipinski definition) is 0. The van der Waals surface area contributed by atoms with E-state index >= 15 is 0 Å². The van der Waals surface area contributed by atoms with Gasteiger partial charge in [-0.2, -0.15) is 0 Å². The summed E-state index contributed by atoms with van der Waals surface area (Å²) in [5.41, 5.74) is 1.71. The second-order valence-corrected chi connectivity index (χ2v) is 7.38. The molecule has 2 aromatic carbocycles. The summed E-state index contributed by atoms with van der Waals surface area (Å²) in [6.45, 7) is 3.84. The summed E-state index contributed by atoms with van der Waals surface area (Å²) in [5.74, 6) is -1.50. The van der Waals surface area contributed by atoms with Crippen LogP contribution in [0.25, 0.3) is 0 Å². The van der Waals surface area contributed by atoms with Crippen LogP contribution in [0.4, 0.5) is 0 Å². The van der Waals surface area contributed by atoms with Crippen molar-refractivity contribution in [1.29, 1.82) is 0 Å². The first-order chi connectivity index (χ1) is 12.8. The van der Waals surface area contributed by atoms with Gasteiger partial charge in [-0.05, 0) is 41.8 Å². The van der Waals surface area contributed by atoms with Gasteiger partial charge >= 0.3 is 11.9 Å². The fourth-order valence-electron chi connectivity index (χ4n) is 2.48. The highest BCUT2D eigenvalue weighted by molar-refractivity contribution is 6.30. The Hall–Kier alpha value is -2.04. The van der Waals surface area contributed by atoms with Crippen LogP contribution in [0.3, 0.4) is 0 Å². The molecule has 0 heterocycles. The summed E-state index contributed by atoms with van der Waals surface area (Å²) >= 11 is 11.7. The zero-order valence-corrected chi connectivity index (χ0v) is 16.8. The first-order valence-corrected chi connectivity index (χ1v) is 9.43. The first kappa shape index (κ1) is 21.3. The van der Waals surface area contributed by atoms with E-state index in [1.54, 1.807) is 62.4 Å². The standard InChI is InChI=1S/C21H22Cl2O4/c1-14(20(24)26-12-16-3-7-18(22)8-4-16)11-15(2)21(25)27-13-17-5-9-19(23)10-6-17/h3-10,14-15H,11-13H2,1-2H3. The van der Waals surface area contributed by atoms with Gasteiger partial charge in [0.25, 0.3) is 0 Å². The number of esters is 2. The van der Waals surface area contributed by atoms with Crippen LogP contribution in [0.5, 0.6) is 0 Å². The Labute approximate surface area is 169 Å². The Morgan fingerprint density at radius 2 is 1.07 bits per heavy atom. The molecule has 0 aliphatic heterocycles. The molecule has 2 unspecified atom stereocenters. The van der Waals surface area contributed by atoms with Crippen LogP contribution in [0, 0.1) is 11.8 Å². The zero-order chi connectivity index (χ0) is 19.8. The van der Waals surface area contributed by atoms with Gasteiger partial charge in [-0.1, -0.05) is 61.3 Å². The van der Waals surface area contributed by atoms with E-state index < -0.39 is 11.8 Å². The van der Waals surface area contributed by atoms with E-state index in [0.717, 1.165) is 11.1 Å². The average molecular weight is 409 g/mol. The number of carbonyl (C=O) groups is 2. The molecule has 0 aromatic heterocycles. The molecule has 4 nitrogen and oxygen atoms in total. The smallest absolute Gasteiger partial charge is 0.309 e. The quantitative estimate of drug-likeness (QED) is 0.545. The number of hydrogen-bond acceptors (Lipinski definition) is 4. The van der Waals surface area contributed by atoms with Crippen LogP contribution in [0.15, 0.2) is 48.5 Å². The number of benzene rings is 2. The lowest BCUT2D eigenvalue weighted by atomic mass is 9.97. The van der Waals surface area contributed by atoms with E-state index in [1.165, 1.54) is 0 Å². The van der Waals surface area contributed by atoms with E-state index in [1.807, 2.05) is 0 Å². The monoisotopic (exact) mass is 408 g/mol. The Morgan fingerprint density at radius 1 is 0.741 bits per heavy atom. The van der Waals surface area contributed by atoms with Crippen molar-refractivity contribution in [2.75, 3.05) is 0 Å². The van der Waals surface area contributed by atoms with Crippen LogP contribution in [-0.2, 0) is 32.3 Å². The van der Waals surface area contributed by atoms with Gasteiger partial charge in [-0.25, -0.2) is 0 Å². The van der Waals surface area contributed by atoms with Crippen molar-refractivity contribution in [3.63, 3.8) is 0 Å². The second-order valence-electron chi connectivity index (χ2n) is 6.51. The lowest BCUT2D eigenvalue weighted by molar-refractivity contribution is -0.153. The van der Waals surface area contributed by atoms with Crippen LogP contribution in [0.1, 0.15) is 31.4 Å². The van der Waals surface area contributed by atoms with Gasteiger partial charge in [0.1, 0.15) is 13.2 Å². The third-order valence-electron chi connectivity index (χ3n) is 4.10. The molecule has 0 amide bonds. The third kappa shape index (κ3) is 7.24. The van der Waals surface area contributed by atoms with Crippen LogP contribution < -0.4 is 0 Å². The molecular weight excluding hydrogens is 387 g/mol. The molecule has 27 heavy (non-hydrogen) atoms. The van der Waals surface area contributed by atoms with Gasteiger partial charge in [0.05, 0.1) is 11.8 Å². The Morgan fingerprint density at radius 3 is 1.41 bits per heavy atom. The number of ether oxygens (including phenoxy) is 2. The first-order valence-electron chi connectivity index (χ1n) is 8.67. The molecule has 0 fully saturated rings. The highest BCUT2D eigenvalue weighted by Crippen LogP contribution is 2.18. The second kappa shape index (κ2) is 10.3. The van der Waals surface area contributed by atoms with Crippen molar-refractivity contribution in [2.45, 2.75) is 33.5 Å². The molecule has 2 atom stereocenters. The minimum absolute atomic E-state index is 0.176. The van der Waals surface area contributed by atoms with E-state index in [0.29, 0.717) is 16.5 Å². The van der Waals surface area contributed by atoms with Gasteiger partial charge in [-0.15, -0.1) is 0 Å². The molecule has 0 aliphatic rings. The van der Waals surface area contributed by atoms with Crippen LogP contribution in [-0.4, -0.2) is 11.9 Å². The lowest BCUT2D eigenvalue weighted by Gasteiger charge is -2.16. The molecule has 0 saturated heterocycles. The van der Waals surface area contributed by atoms with E-state index in [-0.39, 0.29) is 25.2 Å². The third-order valence-corrected chi connectivity index (χ3v) is 4.60. The predicted octanol–water partition coefficient (Wildman–Crippen LogP) is 5.44. The van der Waals surface area contributed by atoms with Gasteiger partial charge in [0.2, 0.25) is 0 Å². The lowest BCUT2D eigenvalue weighted by Crippen LogP contribution is -2.22. The minimum Gasteiger partial charge on any atom is -0.461 e. The fraction of sp³-hybridized carbons (Fsp3) is 0.333. The Kier molecular flexibility index (Phi) is 8.14. The van der Waals surface area contributed by atoms with Gasteiger partial charge in [0.15, 0.2) is 0 Å². The van der Waals surface area contributed by atoms with Crippen molar-refractivity contribution < 1.29 is 19.1 Å². The molecule has 0 saturated carbocycles. The van der Waals surface area contributed by atoms with Gasteiger partial charge in [0, 0.05) is 10.0 Å². The van der Waals surface area contributed by atoms with Crippen LogP contribution >= 0.6 is 23.2 Å². The molecule has 0 spiro atoms. The van der Waals surface area contributed by atoms with Gasteiger partial charge < -0.3 is 9.47 Å². The molecular formula is C21H22Cl2O4. The summed E-state index contributed by atoms with van der Waals surface area (Å²) in [4.78, 5) is 24.3. The van der Waals surface area contributed by atoms with Crippen molar-refractivity contribution in [1.82, 2.24) is 0 Å². The van der Waals surface area contributed by atoms with Gasteiger partial charge in [-0.3, -0.25) is 9.59 Å². The zero-order valence-electron chi connectivity index (χ0n) is 15.3. The SMILES string of the molecule is CC(CC(C)C(=O)OCc1ccc(Cl)cc1)C(=O)OCc1ccc(Cl)cc1. The summed E-state index contributed by atoms with van der Waals surface area (Å²) in [5, 5.41) is 1.26. The highest BCUT2D eigenvalue weighted by Gasteiger charge is 2.23. The number of rotatable bonds is 8. The number of carbonyl (C=O) groups excluding carboxylic acids is 2. The molecule has 0 radical (unpaired) electrons. The number of halogens is 2. The van der Waals surface area contributed by atoms with Crippen molar-refractivity contribution >= 4 is 35.1 Å². The van der Waals surface area contributed by atoms with E-state index in [9.17, 15) is 9.59 Å². The molecule has 2 rings (SSSR count). The van der Waals surface area contributed by atoms with E-state index in [4.69, 9.17) is 32.7 Å². The van der Waals surface area contributed by atoms with Crippen molar-refractivity contribution in [3.05, 3.63) is 69.7 Å². The van der Waals surface area contributed by atoms with Crippen molar-refractivity contribution in [2.24, 2.45) is 11.8 Å². The molecule has 0 N–H and O–H groups in total. The Balaban J connectivity index is 1.74. The topological polar surface area (TPSA) is 52.6 Å². The maximum Gasteiger partial charge on any atom is 0.309 e. The van der Waals surface area contributed by atoms with E-state index in [2.05, 4.69) is 0 Å². The molecule has 0 bridgehead atoms. The molecule has 144 valence electrons. The largest absolute Gasteiger partial charge is 0.461 e. The normalized spacial score (nSPS) is 12.9. The van der Waals surface area contributed by atoms with Crippen molar-refractivity contribution in [3.8, 4) is 0 Å². The maximum absolute atomic E-state index is 12.1. The average Bonchev–Trinajstić information content (AvgIpc) is 2.66. The molecule has 6 heteroatoms. The summed E-state index contributed by atoms with van der Waals surface area (Å²) in [6, 6.07) is 14.2. The minimum atomic E-state index is -0.407. The fourth-order valence-corrected chi connectivity index (χ4v) is 2.73. The predicted molar refractivity (Wildman–Crippen MR) is 105 cm³/mol. The molecule has 2 aromatic rings. The Bertz CT molecular complexity index is 691. The summed E-state index contributed by atoms with van der Waals surface area (Å²) in [6.07, 6.45) is 0.360. The van der Waals surface area contributed by atoms with Crippen LogP contribution in [0.2, 0.25) is 10.0 Å².